The second kappa shape index (κ2) is 5.84. The summed E-state index contributed by atoms with van der Waals surface area (Å²) in [7, 11) is 2.24. The van der Waals surface area contributed by atoms with Crippen molar-refractivity contribution in [1.29, 1.82) is 0 Å². The van der Waals surface area contributed by atoms with Crippen LogP contribution in [0.15, 0.2) is 22.7 Å². The minimum absolute atomic E-state index is 0.738. The van der Waals surface area contributed by atoms with Crippen molar-refractivity contribution in [1.82, 2.24) is 5.32 Å². The van der Waals surface area contributed by atoms with E-state index in [2.05, 4.69) is 51.4 Å². The normalized spacial score (nSPS) is 19.9. The van der Waals surface area contributed by atoms with E-state index in [0.29, 0.717) is 0 Å². The highest BCUT2D eigenvalue weighted by Gasteiger charge is 2.22. The van der Waals surface area contributed by atoms with Gasteiger partial charge in [-0.15, -0.1) is 0 Å². The van der Waals surface area contributed by atoms with Gasteiger partial charge in [-0.3, -0.25) is 0 Å². The summed E-state index contributed by atoms with van der Waals surface area (Å²) in [6.45, 7) is 0.985. The van der Waals surface area contributed by atoms with E-state index in [1.165, 1.54) is 54.2 Å². The molecule has 19 heavy (non-hydrogen) atoms. The van der Waals surface area contributed by atoms with Gasteiger partial charge in [0.05, 0.1) is 0 Å². The number of hydrogen-bond donors (Lipinski definition) is 1. The van der Waals surface area contributed by atoms with Crippen LogP contribution in [-0.4, -0.2) is 19.1 Å². The van der Waals surface area contributed by atoms with Crippen molar-refractivity contribution in [2.75, 3.05) is 11.9 Å². The Morgan fingerprint density at radius 1 is 1.21 bits per heavy atom. The van der Waals surface area contributed by atoms with Gasteiger partial charge in [0.15, 0.2) is 0 Å². The first-order chi connectivity index (χ1) is 9.24. The van der Waals surface area contributed by atoms with Crippen LogP contribution in [0, 0.1) is 0 Å². The van der Waals surface area contributed by atoms with E-state index in [1.54, 1.807) is 0 Å². The van der Waals surface area contributed by atoms with Gasteiger partial charge in [0.1, 0.15) is 0 Å². The van der Waals surface area contributed by atoms with E-state index in [1.807, 2.05) is 0 Å². The average molecular weight is 323 g/mol. The molecule has 1 aromatic carbocycles. The summed E-state index contributed by atoms with van der Waals surface area (Å²) in [6, 6.07) is 8.32. The molecule has 0 saturated heterocycles. The number of halogens is 1. The summed E-state index contributed by atoms with van der Waals surface area (Å²) in [5, 5.41) is 3.57. The van der Waals surface area contributed by atoms with Crippen LogP contribution in [0.3, 0.4) is 0 Å². The molecule has 2 aliphatic rings. The smallest absolute Gasteiger partial charge is 0.0377 e. The number of rotatable bonds is 5. The molecule has 0 amide bonds. The van der Waals surface area contributed by atoms with Crippen LogP contribution in [0.5, 0.6) is 0 Å². The van der Waals surface area contributed by atoms with Crippen LogP contribution in [0.2, 0.25) is 0 Å². The maximum Gasteiger partial charge on any atom is 0.0377 e. The molecule has 0 aromatic heterocycles. The third kappa shape index (κ3) is 3.32. The van der Waals surface area contributed by atoms with Crippen molar-refractivity contribution in [3.63, 3.8) is 0 Å². The average Bonchev–Trinajstić information content (AvgIpc) is 3.08. The third-order valence-electron chi connectivity index (χ3n) is 4.47. The molecule has 3 heteroatoms. The van der Waals surface area contributed by atoms with E-state index >= 15 is 0 Å². The first kappa shape index (κ1) is 13.4. The lowest BCUT2D eigenvalue weighted by Gasteiger charge is -2.27. The van der Waals surface area contributed by atoms with Crippen molar-refractivity contribution >= 4 is 21.6 Å². The van der Waals surface area contributed by atoms with Gasteiger partial charge in [0.2, 0.25) is 0 Å². The fraction of sp³-hybridized carbons (Fsp3) is 0.625. The van der Waals surface area contributed by atoms with E-state index in [0.717, 1.165) is 18.6 Å². The molecule has 0 bridgehead atoms. The first-order valence-electron chi connectivity index (χ1n) is 7.48. The highest BCUT2D eigenvalue weighted by Crippen LogP contribution is 2.30. The molecule has 0 heterocycles. The minimum atomic E-state index is 0.738. The van der Waals surface area contributed by atoms with E-state index in [9.17, 15) is 0 Å². The van der Waals surface area contributed by atoms with Crippen LogP contribution in [0.1, 0.15) is 44.1 Å². The predicted octanol–water partition coefficient (Wildman–Crippen LogP) is 4.08. The van der Waals surface area contributed by atoms with Crippen LogP contribution < -0.4 is 10.2 Å². The Kier molecular flexibility index (Phi) is 4.13. The molecule has 2 aliphatic carbocycles. The lowest BCUT2D eigenvalue weighted by molar-refractivity contribution is 0.652. The standard InChI is InChI=1S/C16H23BrN2/c1-19(14-4-2-3-5-14)15-9-6-12(16(17)10-15)11-18-13-7-8-13/h6,9-10,13-14,18H,2-5,7-8,11H2,1H3. The van der Waals surface area contributed by atoms with Gasteiger partial charge in [0.25, 0.3) is 0 Å². The van der Waals surface area contributed by atoms with Crippen molar-refractivity contribution in [2.24, 2.45) is 0 Å². The molecule has 1 aromatic rings. The number of hydrogen-bond acceptors (Lipinski definition) is 2. The Hall–Kier alpha value is -0.540. The second-order valence-corrected chi connectivity index (χ2v) is 6.83. The molecule has 2 saturated carbocycles. The van der Waals surface area contributed by atoms with Gasteiger partial charge in [-0.05, 0) is 43.4 Å². The van der Waals surface area contributed by atoms with E-state index in [4.69, 9.17) is 0 Å². The third-order valence-corrected chi connectivity index (χ3v) is 5.21. The highest BCUT2D eigenvalue weighted by atomic mass is 79.9. The maximum absolute atomic E-state index is 3.73. The van der Waals surface area contributed by atoms with E-state index < -0.39 is 0 Å². The molecular formula is C16H23BrN2. The molecule has 104 valence electrons. The molecule has 0 radical (unpaired) electrons. The molecule has 0 unspecified atom stereocenters. The van der Waals surface area contributed by atoms with Gasteiger partial charge in [0, 0.05) is 35.8 Å². The van der Waals surface area contributed by atoms with Crippen molar-refractivity contribution in [3.8, 4) is 0 Å². The van der Waals surface area contributed by atoms with Crippen LogP contribution >= 0.6 is 15.9 Å². The Labute approximate surface area is 124 Å². The van der Waals surface area contributed by atoms with Gasteiger partial charge >= 0.3 is 0 Å². The summed E-state index contributed by atoms with van der Waals surface area (Å²) < 4.78 is 1.24. The summed E-state index contributed by atoms with van der Waals surface area (Å²) in [5.41, 5.74) is 2.71. The monoisotopic (exact) mass is 322 g/mol. The van der Waals surface area contributed by atoms with Gasteiger partial charge < -0.3 is 10.2 Å². The fourth-order valence-electron chi connectivity index (χ4n) is 2.94. The van der Waals surface area contributed by atoms with Crippen molar-refractivity contribution in [3.05, 3.63) is 28.2 Å². The Morgan fingerprint density at radius 2 is 1.95 bits per heavy atom. The highest BCUT2D eigenvalue weighted by molar-refractivity contribution is 9.10. The van der Waals surface area contributed by atoms with Gasteiger partial charge in [-0.1, -0.05) is 34.8 Å². The zero-order valence-electron chi connectivity index (χ0n) is 11.7. The first-order valence-corrected chi connectivity index (χ1v) is 8.28. The lowest BCUT2D eigenvalue weighted by Crippen LogP contribution is -2.28. The van der Waals surface area contributed by atoms with Gasteiger partial charge in [-0.2, -0.15) is 0 Å². The lowest BCUT2D eigenvalue weighted by atomic mass is 10.1. The molecule has 0 atom stereocenters. The molecule has 0 aliphatic heterocycles. The number of anilines is 1. The summed E-state index contributed by atoms with van der Waals surface area (Å²) in [4.78, 5) is 2.45. The SMILES string of the molecule is CN(c1ccc(CNC2CC2)c(Br)c1)C1CCCC1. The molecule has 3 rings (SSSR count). The van der Waals surface area contributed by atoms with Crippen molar-refractivity contribution in [2.45, 2.75) is 57.2 Å². The molecule has 2 nitrogen and oxygen atoms in total. The Bertz CT molecular complexity index is 436. The molecular weight excluding hydrogens is 300 g/mol. The van der Waals surface area contributed by atoms with Crippen molar-refractivity contribution < 1.29 is 0 Å². The van der Waals surface area contributed by atoms with Crippen LogP contribution in [0.25, 0.3) is 0 Å². The Balaban J connectivity index is 1.66. The van der Waals surface area contributed by atoms with Gasteiger partial charge in [-0.25, -0.2) is 0 Å². The summed E-state index contributed by atoms with van der Waals surface area (Å²) in [6.07, 6.45) is 8.16. The predicted molar refractivity (Wildman–Crippen MR) is 84.7 cm³/mol. The summed E-state index contributed by atoms with van der Waals surface area (Å²) >= 11 is 3.73. The summed E-state index contributed by atoms with van der Waals surface area (Å²) in [5.74, 6) is 0. The Morgan fingerprint density at radius 3 is 2.58 bits per heavy atom. The second-order valence-electron chi connectivity index (χ2n) is 5.98. The quantitative estimate of drug-likeness (QED) is 0.878. The van der Waals surface area contributed by atoms with Crippen LogP contribution in [0.4, 0.5) is 5.69 Å². The number of nitrogens with one attached hydrogen (secondary N) is 1. The zero-order chi connectivity index (χ0) is 13.2. The molecule has 1 N–H and O–H groups in total. The molecule has 2 fully saturated rings. The van der Waals surface area contributed by atoms with Crippen LogP contribution in [-0.2, 0) is 6.54 Å². The largest absolute Gasteiger partial charge is 0.372 e. The number of nitrogens with zero attached hydrogens (tertiary/aromatic N) is 1. The zero-order valence-corrected chi connectivity index (χ0v) is 13.2. The maximum atomic E-state index is 3.73. The van der Waals surface area contributed by atoms with E-state index in [-0.39, 0.29) is 0 Å². The molecule has 0 spiro atoms. The topological polar surface area (TPSA) is 15.3 Å². The number of benzene rings is 1. The fourth-order valence-corrected chi connectivity index (χ4v) is 3.45. The minimum Gasteiger partial charge on any atom is -0.372 e.